The zero-order valence-electron chi connectivity index (χ0n) is 14.1. The Balaban J connectivity index is 1.64. The molecule has 126 valence electrons. The molecule has 0 radical (unpaired) electrons. The molecule has 0 unspecified atom stereocenters. The lowest BCUT2D eigenvalue weighted by Crippen LogP contribution is -2.40. The Morgan fingerprint density at radius 2 is 2.35 bits per heavy atom. The molecule has 2 aliphatic rings. The maximum absolute atomic E-state index is 12.6. The molecular formula is C18H27N3O2. The molecule has 5 nitrogen and oxygen atoms in total. The van der Waals surface area contributed by atoms with Crippen LogP contribution >= 0.6 is 0 Å². The Kier molecular flexibility index (Phi) is 5.28. The van der Waals surface area contributed by atoms with Crippen molar-refractivity contribution in [2.24, 2.45) is 11.8 Å². The highest BCUT2D eigenvalue weighted by molar-refractivity contribution is 5.78. The monoisotopic (exact) mass is 317 g/mol. The van der Waals surface area contributed by atoms with Crippen molar-refractivity contribution in [3.63, 3.8) is 0 Å². The summed E-state index contributed by atoms with van der Waals surface area (Å²) in [4.78, 5) is 21.2. The van der Waals surface area contributed by atoms with Crippen molar-refractivity contribution in [2.75, 3.05) is 40.4 Å². The first kappa shape index (κ1) is 16.4. The van der Waals surface area contributed by atoms with E-state index in [0.29, 0.717) is 18.6 Å². The third-order valence-electron chi connectivity index (χ3n) is 5.19. The zero-order valence-corrected chi connectivity index (χ0v) is 14.1. The van der Waals surface area contributed by atoms with E-state index in [2.05, 4.69) is 23.0 Å². The van der Waals surface area contributed by atoms with Gasteiger partial charge in [-0.3, -0.25) is 14.7 Å². The molecule has 0 spiro atoms. The van der Waals surface area contributed by atoms with Crippen LogP contribution in [0.2, 0.25) is 0 Å². The Bertz CT molecular complexity index is 516. The largest absolute Gasteiger partial charge is 0.381 e. The summed E-state index contributed by atoms with van der Waals surface area (Å²) in [6.45, 7) is 3.25. The van der Waals surface area contributed by atoms with Gasteiger partial charge in [-0.1, -0.05) is 6.07 Å². The van der Waals surface area contributed by atoms with E-state index >= 15 is 0 Å². The van der Waals surface area contributed by atoms with Gasteiger partial charge < -0.3 is 9.64 Å². The summed E-state index contributed by atoms with van der Waals surface area (Å²) in [5.74, 6) is 0.747. The molecule has 0 bridgehead atoms. The fourth-order valence-corrected chi connectivity index (χ4v) is 3.98. The van der Waals surface area contributed by atoms with Crippen molar-refractivity contribution in [3.05, 3.63) is 30.1 Å². The SMILES string of the molecule is CN(C[C@@H]1CCN(C)[C@H]1c1cccnc1)C(=O)[C@H]1CCCOC1. The number of carbonyl (C=O) groups excluding carboxylic acids is 1. The summed E-state index contributed by atoms with van der Waals surface area (Å²) in [5.41, 5.74) is 1.25. The number of likely N-dealkylation sites (tertiary alicyclic amines) is 1. The zero-order chi connectivity index (χ0) is 16.2. The first-order valence-electron chi connectivity index (χ1n) is 8.59. The van der Waals surface area contributed by atoms with E-state index in [0.717, 1.165) is 39.0 Å². The van der Waals surface area contributed by atoms with Gasteiger partial charge in [0, 0.05) is 38.6 Å². The lowest BCUT2D eigenvalue weighted by molar-refractivity contribution is -0.139. The Hall–Kier alpha value is -1.46. The molecule has 2 fully saturated rings. The van der Waals surface area contributed by atoms with Crippen LogP contribution in [0.15, 0.2) is 24.5 Å². The van der Waals surface area contributed by atoms with Crippen LogP contribution in [-0.2, 0) is 9.53 Å². The van der Waals surface area contributed by atoms with E-state index in [1.54, 1.807) is 0 Å². The molecule has 3 heterocycles. The molecule has 3 rings (SSSR count). The summed E-state index contributed by atoms with van der Waals surface area (Å²) in [5, 5.41) is 0. The summed E-state index contributed by atoms with van der Waals surface area (Å²) in [7, 11) is 4.10. The van der Waals surface area contributed by atoms with Crippen molar-refractivity contribution in [1.82, 2.24) is 14.8 Å². The van der Waals surface area contributed by atoms with Crippen molar-refractivity contribution >= 4 is 5.91 Å². The second kappa shape index (κ2) is 7.41. The number of amides is 1. The van der Waals surface area contributed by atoms with Crippen LogP contribution in [0, 0.1) is 11.8 Å². The van der Waals surface area contributed by atoms with E-state index in [4.69, 9.17) is 4.74 Å². The van der Waals surface area contributed by atoms with E-state index in [1.807, 2.05) is 30.4 Å². The van der Waals surface area contributed by atoms with Gasteiger partial charge in [-0.05, 0) is 50.4 Å². The fraction of sp³-hybridized carbons (Fsp3) is 0.667. The molecule has 0 saturated carbocycles. The van der Waals surface area contributed by atoms with Gasteiger partial charge in [0.1, 0.15) is 0 Å². The minimum atomic E-state index is 0.0460. The van der Waals surface area contributed by atoms with E-state index in [1.165, 1.54) is 5.56 Å². The Labute approximate surface area is 138 Å². The second-order valence-corrected chi connectivity index (χ2v) is 6.89. The van der Waals surface area contributed by atoms with Gasteiger partial charge in [-0.15, -0.1) is 0 Å². The van der Waals surface area contributed by atoms with Crippen molar-refractivity contribution in [3.8, 4) is 0 Å². The molecule has 0 aromatic carbocycles. The van der Waals surface area contributed by atoms with Crippen LogP contribution in [0.25, 0.3) is 0 Å². The van der Waals surface area contributed by atoms with Gasteiger partial charge in [0.2, 0.25) is 5.91 Å². The number of rotatable bonds is 4. The highest BCUT2D eigenvalue weighted by Crippen LogP contribution is 2.36. The number of carbonyl (C=O) groups is 1. The number of hydrogen-bond donors (Lipinski definition) is 0. The number of aromatic nitrogens is 1. The standard InChI is InChI=1S/C18H27N3O2/c1-20-9-7-15(17(20)14-5-3-8-19-11-14)12-21(2)18(22)16-6-4-10-23-13-16/h3,5,8,11,15-17H,4,6-7,9-10,12-13H2,1-2H3/t15-,16-,17-/m0/s1. The minimum absolute atomic E-state index is 0.0460. The fourth-order valence-electron chi connectivity index (χ4n) is 3.98. The molecule has 0 N–H and O–H groups in total. The topological polar surface area (TPSA) is 45.7 Å². The lowest BCUT2D eigenvalue weighted by Gasteiger charge is -2.31. The van der Waals surface area contributed by atoms with Gasteiger partial charge in [0.25, 0.3) is 0 Å². The molecular weight excluding hydrogens is 290 g/mol. The van der Waals surface area contributed by atoms with Crippen LogP contribution < -0.4 is 0 Å². The van der Waals surface area contributed by atoms with Crippen molar-refractivity contribution in [2.45, 2.75) is 25.3 Å². The molecule has 1 amide bonds. The minimum Gasteiger partial charge on any atom is -0.381 e. The van der Waals surface area contributed by atoms with Crippen LogP contribution in [0.3, 0.4) is 0 Å². The molecule has 2 saturated heterocycles. The third kappa shape index (κ3) is 3.72. The van der Waals surface area contributed by atoms with Crippen LogP contribution in [0.5, 0.6) is 0 Å². The normalized spacial score (nSPS) is 28.7. The van der Waals surface area contributed by atoms with Gasteiger partial charge in [0.15, 0.2) is 0 Å². The smallest absolute Gasteiger partial charge is 0.227 e. The molecule has 0 aliphatic carbocycles. The summed E-state index contributed by atoms with van der Waals surface area (Å²) in [6.07, 6.45) is 6.84. The summed E-state index contributed by atoms with van der Waals surface area (Å²) >= 11 is 0. The van der Waals surface area contributed by atoms with Crippen LogP contribution in [0.1, 0.15) is 30.9 Å². The number of nitrogens with zero attached hydrogens (tertiary/aromatic N) is 3. The molecule has 23 heavy (non-hydrogen) atoms. The number of pyridine rings is 1. The van der Waals surface area contributed by atoms with Gasteiger partial charge in [-0.25, -0.2) is 0 Å². The predicted molar refractivity (Wildman–Crippen MR) is 88.9 cm³/mol. The summed E-state index contributed by atoms with van der Waals surface area (Å²) < 4.78 is 5.47. The van der Waals surface area contributed by atoms with Crippen LogP contribution in [0.4, 0.5) is 0 Å². The maximum Gasteiger partial charge on any atom is 0.227 e. The molecule has 1 aromatic rings. The van der Waals surface area contributed by atoms with E-state index < -0.39 is 0 Å². The Morgan fingerprint density at radius 1 is 1.48 bits per heavy atom. The van der Waals surface area contributed by atoms with Crippen molar-refractivity contribution in [1.29, 1.82) is 0 Å². The van der Waals surface area contributed by atoms with E-state index in [9.17, 15) is 4.79 Å². The first-order chi connectivity index (χ1) is 11.2. The summed E-state index contributed by atoms with van der Waals surface area (Å²) in [6, 6.07) is 4.48. The highest BCUT2D eigenvalue weighted by atomic mass is 16.5. The molecule has 2 aliphatic heterocycles. The molecule has 1 aromatic heterocycles. The highest BCUT2D eigenvalue weighted by Gasteiger charge is 2.35. The van der Waals surface area contributed by atoms with Gasteiger partial charge in [0.05, 0.1) is 12.5 Å². The quantitative estimate of drug-likeness (QED) is 0.852. The average Bonchev–Trinajstić information content (AvgIpc) is 2.96. The maximum atomic E-state index is 12.6. The predicted octanol–water partition coefficient (Wildman–Crippen LogP) is 1.96. The van der Waals surface area contributed by atoms with Crippen LogP contribution in [-0.4, -0.2) is 61.1 Å². The lowest BCUT2D eigenvalue weighted by atomic mass is 9.93. The second-order valence-electron chi connectivity index (χ2n) is 6.89. The Morgan fingerprint density at radius 3 is 3.04 bits per heavy atom. The number of ether oxygens (including phenoxy) is 1. The van der Waals surface area contributed by atoms with Gasteiger partial charge >= 0.3 is 0 Å². The van der Waals surface area contributed by atoms with Gasteiger partial charge in [-0.2, -0.15) is 0 Å². The average molecular weight is 317 g/mol. The third-order valence-corrected chi connectivity index (χ3v) is 5.19. The van der Waals surface area contributed by atoms with Crippen molar-refractivity contribution < 1.29 is 9.53 Å². The first-order valence-corrected chi connectivity index (χ1v) is 8.59. The molecule has 3 atom stereocenters. The molecule has 5 heteroatoms. The van der Waals surface area contributed by atoms with E-state index in [-0.39, 0.29) is 11.8 Å². The number of hydrogen-bond acceptors (Lipinski definition) is 4.